The molecule has 5 heteroatoms. The third-order valence-electron chi connectivity index (χ3n) is 3.71. The molecule has 3 rings (SSSR count). The Hall–Kier alpha value is -1.88. The minimum absolute atomic E-state index is 0.0858. The molecule has 0 spiro atoms. The van der Waals surface area contributed by atoms with Crippen molar-refractivity contribution in [2.45, 2.75) is 25.4 Å². The van der Waals surface area contributed by atoms with Crippen molar-refractivity contribution in [2.75, 3.05) is 6.54 Å². The molecule has 2 heterocycles. The molecule has 1 aromatic heterocycles. The Morgan fingerprint density at radius 3 is 2.70 bits per heavy atom. The summed E-state index contributed by atoms with van der Waals surface area (Å²) >= 11 is 0. The molecule has 1 saturated heterocycles. The zero-order valence-corrected chi connectivity index (χ0v) is 11.0. The van der Waals surface area contributed by atoms with Crippen LogP contribution in [0.2, 0.25) is 0 Å². The average Bonchev–Trinajstić information content (AvgIpc) is 2.92. The van der Waals surface area contributed by atoms with Gasteiger partial charge in [0.2, 0.25) is 0 Å². The summed E-state index contributed by atoms with van der Waals surface area (Å²) in [5, 5.41) is 0. The van der Waals surface area contributed by atoms with E-state index in [0.29, 0.717) is 0 Å². The van der Waals surface area contributed by atoms with Crippen molar-refractivity contribution in [2.24, 2.45) is 0 Å². The lowest BCUT2D eigenvalue weighted by Crippen LogP contribution is -2.24. The first-order valence-corrected chi connectivity index (χ1v) is 6.68. The molecule has 0 saturated carbocycles. The summed E-state index contributed by atoms with van der Waals surface area (Å²) in [7, 11) is 0. The molecular weight excluding hydrogens is 260 g/mol. The summed E-state index contributed by atoms with van der Waals surface area (Å²) in [5.41, 5.74) is 0.991. The number of nitrogens with zero attached hydrogens (tertiary/aromatic N) is 3. The molecule has 0 bridgehead atoms. The largest absolute Gasteiger partial charge is 0.290 e. The summed E-state index contributed by atoms with van der Waals surface area (Å²) in [6.07, 6.45) is 6.93. The number of rotatable bonds is 3. The molecule has 104 valence electrons. The Morgan fingerprint density at radius 1 is 1.20 bits per heavy atom. The van der Waals surface area contributed by atoms with E-state index in [2.05, 4.69) is 14.9 Å². The van der Waals surface area contributed by atoms with Crippen LogP contribution < -0.4 is 0 Å². The highest BCUT2D eigenvalue weighted by Gasteiger charge is 2.28. The van der Waals surface area contributed by atoms with Gasteiger partial charge in [0.25, 0.3) is 0 Å². The van der Waals surface area contributed by atoms with E-state index in [1.54, 1.807) is 18.6 Å². The minimum atomic E-state index is -0.491. The molecule has 0 unspecified atom stereocenters. The van der Waals surface area contributed by atoms with Gasteiger partial charge in [-0.1, -0.05) is 6.07 Å². The van der Waals surface area contributed by atoms with E-state index in [4.69, 9.17) is 0 Å². The molecule has 0 N–H and O–H groups in total. The molecule has 0 radical (unpaired) electrons. The average molecular weight is 275 g/mol. The Balaban J connectivity index is 1.83. The number of hydrogen-bond donors (Lipinski definition) is 0. The molecule has 0 amide bonds. The lowest BCUT2D eigenvalue weighted by atomic mass is 10.1. The molecule has 1 aliphatic heterocycles. The number of halogens is 2. The van der Waals surface area contributed by atoms with E-state index >= 15 is 0 Å². The second-order valence-electron chi connectivity index (χ2n) is 4.96. The van der Waals surface area contributed by atoms with Crippen LogP contribution in [0.3, 0.4) is 0 Å². The van der Waals surface area contributed by atoms with Crippen molar-refractivity contribution < 1.29 is 8.78 Å². The van der Waals surface area contributed by atoms with Gasteiger partial charge < -0.3 is 0 Å². The summed E-state index contributed by atoms with van der Waals surface area (Å²) in [6, 6.07) is 4.07. The van der Waals surface area contributed by atoms with Gasteiger partial charge in [-0.3, -0.25) is 14.9 Å². The van der Waals surface area contributed by atoms with Gasteiger partial charge in [0.05, 0.1) is 11.7 Å². The lowest BCUT2D eigenvalue weighted by Gasteiger charge is -2.24. The van der Waals surface area contributed by atoms with Crippen LogP contribution in [0.25, 0.3) is 0 Å². The third kappa shape index (κ3) is 2.54. The van der Waals surface area contributed by atoms with Gasteiger partial charge in [0.15, 0.2) is 0 Å². The lowest BCUT2D eigenvalue weighted by molar-refractivity contribution is 0.237. The fourth-order valence-electron chi connectivity index (χ4n) is 2.72. The highest BCUT2D eigenvalue weighted by atomic mass is 19.1. The van der Waals surface area contributed by atoms with E-state index < -0.39 is 11.6 Å². The Bertz CT molecular complexity index is 569. The van der Waals surface area contributed by atoms with Crippen molar-refractivity contribution >= 4 is 0 Å². The van der Waals surface area contributed by atoms with Crippen molar-refractivity contribution in [3.63, 3.8) is 0 Å². The van der Waals surface area contributed by atoms with Crippen LogP contribution in [0.5, 0.6) is 0 Å². The molecule has 20 heavy (non-hydrogen) atoms. The molecule has 1 aliphatic rings. The standard InChI is InChI=1S/C15H15F2N3/c16-12-3-1-4-13(17)11(12)10-20-8-2-5-15(20)14-9-18-6-7-19-14/h1,3-4,6-7,9,15H,2,5,8,10H2/t15-/m0/s1. The summed E-state index contributed by atoms with van der Waals surface area (Å²) in [4.78, 5) is 10.4. The molecule has 2 aromatic rings. The Labute approximate surface area is 116 Å². The molecule has 3 nitrogen and oxygen atoms in total. The third-order valence-corrected chi connectivity index (χ3v) is 3.71. The quantitative estimate of drug-likeness (QED) is 0.862. The van der Waals surface area contributed by atoms with Crippen molar-refractivity contribution in [3.05, 3.63) is 59.7 Å². The first-order chi connectivity index (χ1) is 9.75. The van der Waals surface area contributed by atoms with Crippen LogP contribution in [0.4, 0.5) is 8.78 Å². The summed E-state index contributed by atoms with van der Waals surface area (Å²) in [6.45, 7) is 1.08. The van der Waals surface area contributed by atoms with Crippen LogP contribution in [-0.4, -0.2) is 21.4 Å². The topological polar surface area (TPSA) is 29.0 Å². The SMILES string of the molecule is Fc1cccc(F)c1CN1CCC[C@H]1c1cnccn1. The van der Waals surface area contributed by atoms with Gasteiger partial charge in [0, 0.05) is 30.7 Å². The maximum Gasteiger partial charge on any atom is 0.130 e. The molecule has 1 atom stereocenters. The zero-order valence-electron chi connectivity index (χ0n) is 11.0. The number of likely N-dealkylation sites (tertiary alicyclic amines) is 1. The van der Waals surface area contributed by atoms with Crippen LogP contribution in [0.1, 0.15) is 30.1 Å². The molecular formula is C15H15F2N3. The molecule has 1 aromatic carbocycles. The monoisotopic (exact) mass is 275 g/mol. The summed E-state index contributed by atoms with van der Waals surface area (Å²) < 4.78 is 27.5. The van der Waals surface area contributed by atoms with Gasteiger partial charge in [-0.15, -0.1) is 0 Å². The number of hydrogen-bond acceptors (Lipinski definition) is 3. The van der Waals surface area contributed by atoms with Crippen LogP contribution in [0.15, 0.2) is 36.8 Å². The van der Waals surface area contributed by atoms with E-state index in [1.165, 1.54) is 18.2 Å². The number of aromatic nitrogens is 2. The fourth-order valence-corrected chi connectivity index (χ4v) is 2.72. The van der Waals surface area contributed by atoms with Gasteiger partial charge in [-0.2, -0.15) is 0 Å². The van der Waals surface area contributed by atoms with Crippen molar-refractivity contribution in [1.29, 1.82) is 0 Å². The highest BCUT2D eigenvalue weighted by molar-refractivity contribution is 5.20. The van der Waals surface area contributed by atoms with Crippen LogP contribution in [-0.2, 0) is 6.54 Å². The predicted molar refractivity (Wildman–Crippen MR) is 70.8 cm³/mol. The van der Waals surface area contributed by atoms with Crippen LogP contribution >= 0.6 is 0 Å². The predicted octanol–water partition coefficient (Wildman–Crippen LogP) is 3.09. The van der Waals surface area contributed by atoms with Gasteiger partial charge in [-0.05, 0) is 31.5 Å². The van der Waals surface area contributed by atoms with E-state index in [9.17, 15) is 8.78 Å². The van der Waals surface area contributed by atoms with Gasteiger partial charge >= 0.3 is 0 Å². The molecule has 0 aliphatic carbocycles. The fraction of sp³-hybridized carbons (Fsp3) is 0.333. The smallest absolute Gasteiger partial charge is 0.130 e. The maximum atomic E-state index is 13.7. The second kappa shape index (κ2) is 5.63. The summed E-state index contributed by atoms with van der Waals surface area (Å²) in [5.74, 6) is -0.982. The van der Waals surface area contributed by atoms with Crippen molar-refractivity contribution in [3.8, 4) is 0 Å². The van der Waals surface area contributed by atoms with E-state index in [0.717, 1.165) is 25.1 Å². The minimum Gasteiger partial charge on any atom is -0.290 e. The Morgan fingerprint density at radius 2 is 2.00 bits per heavy atom. The van der Waals surface area contributed by atoms with Crippen LogP contribution in [0, 0.1) is 11.6 Å². The highest BCUT2D eigenvalue weighted by Crippen LogP contribution is 2.32. The second-order valence-corrected chi connectivity index (χ2v) is 4.96. The van der Waals surface area contributed by atoms with Gasteiger partial charge in [-0.25, -0.2) is 8.78 Å². The zero-order chi connectivity index (χ0) is 13.9. The maximum absolute atomic E-state index is 13.7. The Kier molecular flexibility index (Phi) is 3.69. The van der Waals surface area contributed by atoms with Gasteiger partial charge in [0.1, 0.15) is 11.6 Å². The first-order valence-electron chi connectivity index (χ1n) is 6.68. The van der Waals surface area contributed by atoms with E-state index in [1.807, 2.05) is 0 Å². The van der Waals surface area contributed by atoms with E-state index in [-0.39, 0.29) is 18.2 Å². The molecule has 1 fully saturated rings. The first kappa shape index (κ1) is 13.1. The number of benzene rings is 1. The van der Waals surface area contributed by atoms with Crippen molar-refractivity contribution in [1.82, 2.24) is 14.9 Å². The normalized spacial score (nSPS) is 19.4.